The Hall–Kier alpha value is -1.06. The Bertz CT molecular complexity index is 307. The average Bonchev–Trinajstić information content (AvgIpc) is 2.57. The molecule has 1 spiro atoms. The van der Waals surface area contributed by atoms with E-state index in [1.807, 2.05) is 0 Å². The van der Waals surface area contributed by atoms with Crippen molar-refractivity contribution < 1.29 is 9.53 Å². The summed E-state index contributed by atoms with van der Waals surface area (Å²) >= 11 is 0. The molecule has 4 heteroatoms. The number of unbranched alkanes of at least 4 members (excludes halogenated alkanes) is 2. The van der Waals surface area contributed by atoms with Crippen molar-refractivity contribution in [2.75, 3.05) is 0 Å². The van der Waals surface area contributed by atoms with Gasteiger partial charge in [0, 0.05) is 0 Å². The monoisotopic (exact) mass is 238 g/mol. The summed E-state index contributed by atoms with van der Waals surface area (Å²) in [6.07, 6.45) is 8.83. The summed E-state index contributed by atoms with van der Waals surface area (Å²) in [6.45, 7) is 2.22. The molecule has 1 amide bonds. The molecule has 0 unspecified atom stereocenters. The minimum atomic E-state index is -0.696. The van der Waals surface area contributed by atoms with Crippen molar-refractivity contribution in [3.05, 3.63) is 0 Å². The maximum absolute atomic E-state index is 11.8. The predicted octanol–water partition coefficient (Wildman–Crippen LogP) is 2.58. The van der Waals surface area contributed by atoms with Crippen LogP contribution in [0, 0.1) is 11.3 Å². The molecule has 1 heterocycles. The fourth-order valence-electron chi connectivity index (χ4n) is 2.93. The van der Waals surface area contributed by atoms with Crippen LogP contribution < -0.4 is 5.32 Å². The van der Waals surface area contributed by atoms with Crippen LogP contribution in [0.1, 0.15) is 58.3 Å². The van der Waals surface area contributed by atoms with Gasteiger partial charge in [0.15, 0.2) is 5.60 Å². The van der Waals surface area contributed by atoms with Gasteiger partial charge in [0.25, 0.3) is 11.9 Å². The molecule has 0 aromatic rings. The minimum Gasteiger partial charge on any atom is -0.448 e. The second-order valence-electron chi connectivity index (χ2n) is 5.32. The molecular formula is C13H22N2O2. The number of hydrogen-bond acceptors (Lipinski definition) is 3. The van der Waals surface area contributed by atoms with Gasteiger partial charge in [-0.15, -0.1) is 0 Å². The third-order valence-corrected chi connectivity index (χ3v) is 4.07. The minimum absolute atomic E-state index is 0.0700. The van der Waals surface area contributed by atoms with E-state index in [-0.39, 0.29) is 11.9 Å². The van der Waals surface area contributed by atoms with Crippen LogP contribution in [-0.4, -0.2) is 17.5 Å². The Morgan fingerprint density at radius 3 is 2.65 bits per heavy atom. The van der Waals surface area contributed by atoms with Crippen molar-refractivity contribution in [1.82, 2.24) is 5.32 Å². The summed E-state index contributed by atoms with van der Waals surface area (Å²) in [7, 11) is 0. The van der Waals surface area contributed by atoms with Crippen LogP contribution in [0.5, 0.6) is 0 Å². The van der Waals surface area contributed by atoms with Crippen LogP contribution in [0.3, 0.4) is 0 Å². The van der Waals surface area contributed by atoms with Gasteiger partial charge in [-0.2, -0.15) is 0 Å². The summed E-state index contributed by atoms with van der Waals surface area (Å²) < 4.78 is 5.40. The van der Waals surface area contributed by atoms with Crippen LogP contribution >= 0.6 is 0 Å². The van der Waals surface area contributed by atoms with Crippen molar-refractivity contribution in [3.8, 4) is 0 Å². The number of carbonyl (C=O) groups excluding carboxylic acids is 1. The van der Waals surface area contributed by atoms with E-state index in [0.29, 0.717) is 0 Å². The molecule has 0 aromatic heterocycles. The number of rotatable bonds is 4. The molecule has 2 N–H and O–H groups in total. The molecule has 96 valence electrons. The zero-order valence-corrected chi connectivity index (χ0v) is 10.6. The van der Waals surface area contributed by atoms with E-state index in [4.69, 9.17) is 10.1 Å². The van der Waals surface area contributed by atoms with Gasteiger partial charge < -0.3 is 4.74 Å². The molecule has 4 nitrogen and oxygen atoms in total. The smallest absolute Gasteiger partial charge is 0.289 e. The molecule has 2 fully saturated rings. The van der Waals surface area contributed by atoms with Crippen LogP contribution in [0.4, 0.5) is 0 Å². The fourth-order valence-corrected chi connectivity index (χ4v) is 2.93. The number of nitrogens with one attached hydrogen (secondary N) is 2. The van der Waals surface area contributed by atoms with Crippen molar-refractivity contribution >= 4 is 11.9 Å². The lowest BCUT2D eigenvalue weighted by Crippen LogP contribution is -2.42. The molecule has 1 saturated heterocycles. The first-order valence-corrected chi connectivity index (χ1v) is 6.75. The summed E-state index contributed by atoms with van der Waals surface area (Å²) in [4.78, 5) is 11.8. The first kappa shape index (κ1) is 12.4. The highest BCUT2D eigenvalue weighted by atomic mass is 16.5. The van der Waals surface area contributed by atoms with E-state index in [0.717, 1.165) is 31.6 Å². The fraction of sp³-hybridized carbons (Fsp3) is 0.846. The van der Waals surface area contributed by atoms with Crippen LogP contribution in [0.25, 0.3) is 0 Å². The highest BCUT2D eigenvalue weighted by Crippen LogP contribution is 2.39. The Morgan fingerprint density at radius 2 is 2.12 bits per heavy atom. The summed E-state index contributed by atoms with van der Waals surface area (Å²) in [5.41, 5.74) is -0.696. The Balaban J connectivity index is 1.81. The summed E-state index contributed by atoms with van der Waals surface area (Å²) in [5, 5.41) is 9.84. The second kappa shape index (κ2) is 5.07. The van der Waals surface area contributed by atoms with Gasteiger partial charge in [0.05, 0.1) is 0 Å². The van der Waals surface area contributed by atoms with E-state index >= 15 is 0 Å². The lowest BCUT2D eigenvalue weighted by Gasteiger charge is -2.33. The highest BCUT2D eigenvalue weighted by Gasteiger charge is 2.49. The first-order valence-electron chi connectivity index (χ1n) is 6.75. The van der Waals surface area contributed by atoms with Crippen LogP contribution in [-0.2, 0) is 9.53 Å². The topological polar surface area (TPSA) is 62.2 Å². The predicted molar refractivity (Wildman–Crippen MR) is 65.8 cm³/mol. The van der Waals surface area contributed by atoms with E-state index < -0.39 is 5.60 Å². The second-order valence-corrected chi connectivity index (χ2v) is 5.32. The SMILES string of the molecule is CCCCCC1CCC2(CC1)OC(=N)NC2=O. The summed E-state index contributed by atoms with van der Waals surface area (Å²) in [6, 6.07) is -0.0700. The lowest BCUT2D eigenvalue weighted by atomic mass is 9.76. The van der Waals surface area contributed by atoms with Gasteiger partial charge in [-0.25, -0.2) is 0 Å². The molecule has 2 rings (SSSR count). The first-order chi connectivity index (χ1) is 8.16. The quantitative estimate of drug-likeness (QED) is 0.739. The number of amides is 1. The van der Waals surface area contributed by atoms with Gasteiger partial charge in [0.2, 0.25) is 0 Å². The summed E-state index contributed by atoms with van der Waals surface area (Å²) in [5.74, 6) is 0.646. The van der Waals surface area contributed by atoms with Gasteiger partial charge >= 0.3 is 0 Å². The molecule has 1 aliphatic heterocycles. The van der Waals surface area contributed by atoms with Crippen molar-refractivity contribution in [3.63, 3.8) is 0 Å². The zero-order valence-electron chi connectivity index (χ0n) is 10.6. The van der Waals surface area contributed by atoms with Crippen LogP contribution in [0.2, 0.25) is 0 Å². The highest BCUT2D eigenvalue weighted by molar-refractivity contribution is 6.03. The molecule has 1 saturated carbocycles. The van der Waals surface area contributed by atoms with E-state index in [1.165, 1.54) is 25.7 Å². The number of ether oxygens (including phenoxy) is 1. The Kier molecular flexibility index (Phi) is 3.69. The maximum Gasteiger partial charge on any atom is 0.289 e. The molecule has 0 radical (unpaired) electrons. The van der Waals surface area contributed by atoms with Gasteiger partial charge in [0.1, 0.15) is 0 Å². The van der Waals surface area contributed by atoms with Crippen molar-refractivity contribution in [2.24, 2.45) is 5.92 Å². The molecule has 1 aliphatic carbocycles. The van der Waals surface area contributed by atoms with Gasteiger partial charge in [-0.05, 0) is 31.6 Å². The van der Waals surface area contributed by atoms with Crippen LogP contribution in [0.15, 0.2) is 0 Å². The van der Waals surface area contributed by atoms with Crippen molar-refractivity contribution in [1.29, 1.82) is 5.41 Å². The van der Waals surface area contributed by atoms with E-state index in [1.54, 1.807) is 0 Å². The van der Waals surface area contributed by atoms with Crippen molar-refractivity contribution in [2.45, 2.75) is 63.9 Å². The maximum atomic E-state index is 11.8. The Morgan fingerprint density at radius 1 is 1.41 bits per heavy atom. The van der Waals surface area contributed by atoms with Gasteiger partial charge in [-0.3, -0.25) is 15.5 Å². The lowest BCUT2D eigenvalue weighted by molar-refractivity contribution is -0.134. The number of carbonyl (C=O) groups is 1. The molecule has 0 bridgehead atoms. The standard InChI is InChI=1S/C13H22N2O2/c1-2-3-4-5-10-6-8-13(9-7-10)11(16)15-12(14)17-13/h10H,2-9H2,1H3,(H2,14,15,16). The van der Waals surface area contributed by atoms with Gasteiger partial charge in [-0.1, -0.05) is 32.6 Å². The average molecular weight is 238 g/mol. The largest absolute Gasteiger partial charge is 0.448 e. The zero-order chi connectivity index (χ0) is 12.3. The third-order valence-electron chi connectivity index (χ3n) is 4.07. The van der Waals surface area contributed by atoms with E-state index in [9.17, 15) is 4.79 Å². The molecule has 2 aliphatic rings. The number of hydrogen-bond donors (Lipinski definition) is 2. The van der Waals surface area contributed by atoms with E-state index in [2.05, 4.69) is 12.2 Å². The number of amidine groups is 1. The third kappa shape index (κ3) is 2.61. The molecule has 17 heavy (non-hydrogen) atoms. The normalized spacial score (nSPS) is 32.6. The molecule has 0 atom stereocenters. The Labute approximate surface area is 103 Å². The molecule has 0 aromatic carbocycles. The molecular weight excluding hydrogens is 216 g/mol.